The van der Waals surface area contributed by atoms with Crippen molar-refractivity contribution in [3.05, 3.63) is 35.5 Å². The van der Waals surface area contributed by atoms with Gasteiger partial charge in [-0.05, 0) is 24.6 Å². The number of H-pyrrole nitrogens is 1. The minimum Gasteiger partial charge on any atom is -0.487 e. The van der Waals surface area contributed by atoms with E-state index in [1.807, 2.05) is 31.2 Å². The molecule has 0 aliphatic rings. The number of nitrogens with zero attached hydrogens (tertiary/aromatic N) is 2. The van der Waals surface area contributed by atoms with Gasteiger partial charge in [0.2, 0.25) is 0 Å². The lowest BCUT2D eigenvalue weighted by Gasteiger charge is -2.04. The molecule has 0 amide bonds. The number of nitrogen functional groups attached to an aromatic ring is 1. The number of aromatic nitrogens is 3. The highest BCUT2D eigenvalue weighted by Crippen LogP contribution is 2.14. The maximum absolute atomic E-state index is 5.55. The molecule has 0 fully saturated rings. The Morgan fingerprint density at radius 3 is 2.93 bits per heavy atom. The van der Waals surface area contributed by atoms with Crippen LogP contribution in [0.25, 0.3) is 0 Å². The molecule has 1 aromatic carbocycles. The number of nitrogens with one attached hydrogen (secondary N) is 1. The van der Waals surface area contributed by atoms with Crippen molar-refractivity contribution in [2.24, 2.45) is 0 Å². The fraction of sp³-hybridized carbons (Fsp3) is 0.200. The summed E-state index contributed by atoms with van der Waals surface area (Å²) in [4.78, 5) is 0. The molecular formula is C10H12N4O. The van der Waals surface area contributed by atoms with Crippen molar-refractivity contribution < 1.29 is 4.74 Å². The lowest BCUT2D eigenvalue weighted by Crippen LogP contribution is -1.99. The van der Waals surface area contributed by atoms with E-state index in [9.17, 15) is 0 Å². The second-order valence-corrected chi connectivity index (χ2v) is 3.26. The molecule has 0 bridgehead atoms. The van der Waals surface area contributed by atoms with Gasteiger partial charge in [0.1, 0.15) is 18.1 Å². The van der Waals surface area contributed by atoms with Crippen LogP contribution in [0, 0.1) is 6.92 Å². The van der Waals surface area contributed by atoms with Crippen molar-refractivity contribution in [1.82, 2.24) is 15.4 Å². The third-order valence-electron chi connectivity index (χ3n) is 2.02. The van der Waals surface area contributed by atoms with Gasteiger partial charge in [0, 0.05) is 0 Å². The zero-order valence-electron chi connectivity index (χ0n) is 8.40. The number of hydrogen-bond donors (Lipinski definition) is 2. The van der Waals surface area contributed by atoms with Gasteiger partial charge in [0.25, 0.3) is 0 Å². The summed E-state index contributed by atoms with van der Waals surface area (Å²) < 4.78 is 5.51. The molecule has 0 atom stereocenters. The Hall–Kier alpha value is -2.04. The zero-order chi connectivity index (χ0) is 10.7. The maximum atomic E-state index is 5.55. The lowest BCUT2D eigenvalue weighted by molar-refractivity contribution is 0.301. The molecule has 0 spiro atoms. The van der Waals surface area contributed by atoms with Gasteiger partial charge in [-0.25, -0.2) is 0 Å². The van der Waals surface area contributed by atoms with Crippen LogP contribution >= 0.6 is 0 Å². The quantitative estimate of drug-likeness (QED) is 0.789. The third kappa shape index (κ3) is 2.25. The Bertz CT molecular complexity index is 452. The molecule has 2 rings (SSSR count). The smallest absolute Gasteiger partial charge is 0.172 e. The van der Waals surface area contributed by atoms with E-state index < -0.39 is 0 Å². The van der Waals surface area contributed by atoms with Crippen molar-refractivity contribution in [2.75, 3.05) is 5.73 Å². The van der Waals surface area contributed by atoms with Crippen LogP contribution in [-0.2, 0) is 6.61 Å². The van der Waals surface area contributed by atoms with E-state index in [1.165, 1.54) is 0 Å². The van der Waals surface area contributed by atoms with Gasteiger partial charge >= 0.3 is 0 Å². The second kappa shape index (κ2) is 4.00. The standard InChI is InChI=1S/C10H12N4O/c1-7-3-2-4-8(5-7)15-6-9-10(11)13-14-12-9/h2-5H,6H2,1H3,(H3,11,12,13,14). The molecule has 5 nitrogen and oxygen atoms in total. The summed E-state index contributed by atoms with van der Waals surface area (Å²) >= 11 is 0. The number of aromatic amines is 1. The number of benzene rings is 1. The number of rotatable bonds is 3. The Kier molecular flexibility index (Phi) is 2.53. The predicted molar refractivity (Wildman–Crippen MR) is 56.3 cm³/mol. The predicted octanol–water partition coefficient (Wildman–Crippen LogP) is 1.27. The molecule has 0 saturated heterocycles. The molecule has 15 heavy (non-hydrogen) atoms. The first-order valence-electron chi connectivity index (χ1n) is 4.60. The average Bonchev–Trinajstić information content (AvgIpc) is 2.61. The van der Waals surface area contributed by atoms with Crippen LogP contribution in [0.3, 0.4) is 0 Å². The Morgan fingerprint density at radius 1 is 1.40 bits per heavy atom. The third-order valence-corrected chi connectivity index (χ3v) is 2.02. The van der Waals surface area contributed by atoms with E-state index in [0.29, 0.717) is 18.1 Å². The monoisotopic (exact) mass is 204 g/mol. The highest BCUT2D eigenvalue weighted by Gasteiger charge is 2.04. The van der Waals surface area contributed by atoms with E-state index in [-0.39, 0.29) is 0 Å². The largest absolute Gasteiger partial charge is 0.487 e. The lowest BCUT2D eigenvalue weighted by atomic mass is 10.2. The van der Waals surface area contributed by atoms with Crippen LogP contribution in [0.1, 0.15) is 11.3 Å². The fourth-order valence-corrected chi connectivity index (χ4v) is 1.22. The number of hydrogen-bond acceptors (Lipinski definition) is 4. The molecular weight excluding hydrogens is 192 g/mol. The van der Waals surface area contributed by atoms with Crippen LogP contribution in [0.5, 0.6) is 5.75 Å². The normalized spacial score (nSPS) is 10.2. The summed E-state index contributed by atoms with van der Waals surface area (Å²) in [6.45, 7) is 2.34. The summed E-state index contributed by atoms with van der Waals surface area (Å²) in [6.07, 6.45) is 0. The molecule has 1 heterocycles. The van der Waals surface area contributed by atoms with Gasteiger partial charge in [0.15, 0.2) is 5.82 Å². The van der Waals surface area contributed by atoms with Gasteiger partial charge in [-0.1, -0.05) is 12.1 Å². The number of ether oxygens (including phenoxy) is 1. The Labute approximate surface area is 87.3 Å². The summed E-state index contributed by atoms with van der Waals surface area (Å²) in [5.74, 6) is 1.18. The Morgan fingerprint density at radius 2 is 2.27 bits per heavy atom. The SMILES string of the molecule is Cc1cccc(OCc2n[nH]nc2N)c1. The highest BCUT2D eigenvalue weighted by molar-refractivity contribution is 5.32. The molecule has 0 saturated carbocycles. The van der Waals surface area contributed by atoms with Crippen molar-refractivity contribution in [3.63, 3.8) is 0 Å². The van der Waals surface area contributed by atoms with E-state index in [1.54, 1.807) is 0 Å². The maximum Gasteiger partial charge on any atom is 0.172 e. The van der Waals surface area contributed by atoms with Crippen LogP contribution in [0.15, 0.2) is 24.3 Å². The minimum absolute atomic E-state index is 0.325. The van der Waals surface area contributed by atoms with Crippen molar-refractivity contribution >= 4 is 5.82 Å². The average molecular weight is 204 g/mol. The van der Waals surface area contributed by atoms with Crippen LogP contribution in [0.2, 0.25) is 0 Å². The van der Waals surface area contributed by atoms with Gasteiger partial charge in [0.05, 0.1) is 0 Å². The van der Waals surface area contributed by atoms with Crippen LogP contribution in [0.4, 0.5) is 5.82 Å². The number of anilines is 1. The van der Waals surface area contributed by atoms with E-state index in [4.69, 9.17) is 10.5 Å². The minimum atomic E-state index is 0.325. The molecule has 1 aromatic heterocycles. The number of aryl methyl sites for hydroxylation is 1. The van der Waals surface area contributed by atoms with Crippen LogP contribution < -0.4 is 10.5 Å². The molecule has 0 aliphatic heterocycles. The fourth-order valence-electron chi connectivity index (χ4n) is 1.22. The molecule has 0 radical (unpaired) electrons. The summed E-state index contributed by atoms with van der Waals surface area (Å²) in [5, 5.41) is 10.0. The first kappa shape index (κ1) is 9.51. The van der Waals surface area contributed by atoms with E-state index in [2.05, 4.69) is 15.4 Å². The van der Waals surface area contributed by atoms with Gasteiger partial charge < -0.3 is 10.5 Å². The molecule has 5 heteroatoms. The van der Waals surface area contributed by atoms with Crippen molar-refractivity contribution in [1.29, 1.82) is 0 Å². The molecule has 0 unspecified atom stereocenters. The highest BCUT2D eigenvalue weighted by atomic mass is 16.5. The van der Waals surface area contributed by atoms with Gasteiger partial charge in [-0.15, -0.1) is 5.10 Å². The number of nitrogens with two attached hydrogens (primary N) is 1. The molecule has 78 valence electrons. The van der Waals surface area contributed by atoms with Gasteiger partial charge in [-0.2, -0.15) is 10.3 Å². The van der Waals surface area contributed by atoms with Crippen LogP contribution in [-0.4, -0.2) is 15.4 Å². The van der Waals surface area contributed by atoms with Crippen molar-refractivity contribution in [2.45, 2.75) is 13.5 Å². The molecule has 2 aromatic rings. The topological polar surface area (TPSA) is 76.8 Å². The van der Waals surface area contributed by atoms with Crippen molar-refractivity contribution in [3.8, 4) is 5.75 Å². The zero-order valence-corrected chi connectivity index (χ0v) is 8.40. The summed E-state index contributed by atoms with van der Waals surface area (Å²) in [7, 11) is 0. The summed E-state index contributed by atoms with van der Waals surface area (Å²) in [5.41, 5.74) is 7.32. The van der Waals surface area contributed by atoms with Gasteiger partial charge in [-0.3, -0.25) is 0 Å². The van der Waals surface area contributed by atoms with E-state index >= 15 is 0 Å². The summed E-state index contributed by atoms with van der Waals surface area (Å²) in [6, 6.07) is 7.80. The Balaban J connectivity index is 2.02. The first-order valence-corrected chi connectivity index (χ1v) is 4.60. The molecule has 3 N–H and O–H groups in total. The first-order chi connectivity index (χ1) is 7.25. The molecule has 0 aliphatic carbocycles. The second-order valence-electron chi connectivity index (χ2n) is 3.26. The van der Waals surface area contributed by atoms with E-state index in [0.717, 1.165) is 11.3 Å².